The van der Waals surface area contributed by atoms with E-state index in [2.05, 4.69) is 22.3 Å². The Morgan fingerprint density at radius 1 is 1.15 bits per heavy atom. The zero-order valence-electron chi connectivity index (χ0n) is 16.1. The smallest absolute Gasteiger partial charge is 0.260 e. The Bertz CT molecular complexity index is 729. The molecule has 0 saturated carbocycles. The van der Waals surface area contributed by atoms with Gasteiger partial charge in [-0.25, -0.2) is 0 Å². The molecule has 2 atom stereocenters. The fourth-order valence-corrected chi connectivity index (χ4v) is 3.31. The Hall–Kier alpha value is -2.37. The molecule has 0 spiro atoms. The molecule has 0 radical (unpaired) electrons. The number of carbonyl (C=O) groups excluding carboxylic acids is 1. The van der Waals surface area contributed by atoms with Crippen LogP contribution in [0.15, 0.2) is 54.6 Å². The summed E-state index contributed by atoms with van der Waals surface area (Å²) in [7, 11) is 0. The summed E-state index contributed by atoms with van der Waals surface area (Å²) in [5.74, 6) is 0.608. The molecule has 5 nitrogen and oxygen atoms in total. The molecule has 5 heteroatoms. The second kappa shape index (κ2) is 9.53. The molecule has 1 saturated heterocycles. The number of carbonyl (C=O) groups is 1. The highest BCUT2D eigenvalue weighted by Crippen LogP contribution is 2.21. The van der Waals surface area contributed by atoms with Crippen molar-refractivity contribution in [1.82, 2.24) is 10.2 Å². The second-order valence-corrected chi connectivity index (χ2v) is 6.90. The van der Waals surface area contributed by atoms with Crippen molar-refractivity contribution < 1.29 is 14.3 Å². The van der Waals surface area contributed by atoms with Gasteiger partial charge in [0.1, 0.15) is 5.75 Å². The van der Waals surface area contributed by atoms with Crippen LogP contribution in [0.2, 0.25) is 0 Å². The molecule has 1 aliphatic heterocycles. The number of nitrogens with zero attached hydrogens (tertiary/aromatic N) is 1. The molecule has 1 heterocycles. The SMILES string of the molecule is Cc1cccc(OC(C)C(=O)NCC(c2ccccc2)N2CCOCC2)c1. The van der Waals surface area contributed by atoms with Crippen LogP contribution in [0.25, 0.3) is 0 Å². The second-order valence-electron chi connectivity index (χ2n) is 6.90. The highest BCUT2D eigenvalue weighted by atomic mass is 16.5. The monoisotopic (exact) mass is 368 g/mol. The summed E-state index contributed by atoms with van der Waals surface area (Å²) >= 11 is 0. The lowest BCUT2D eigenvalue weighted by atomic mass is 10.0. The van der Waals surface area contributed by atoms with Crippen molar-refractivity contribution in [1.29, 1.82) is 0 Å². The van der Waals surface area contributed by atoms with Gasteiger partial charge < -0.3 is 14.8 Å². The van der Waals surface area contributed by atoms with Gasteiger partial charge in [-0.3, -0.25) is 9.69 Å². The van der Waals surface area contributed by atoms with E-state index < -0.39 is 6.10 Å². The molecule has 2 unspecified atom stereocenters. The van der Waals surface area contributed by atoms with Crippen LogP contribution in [0.5, 0.6) is 5.75 Å². The van der Waals surface area contributed by atoms with Crippen molar-refractivity contribution in [3.05, 3.63) is 65.7 Å². The van der Waals surface area contributed by atoms with Gasteiger partial charge >= 0.3 is 0 Å². The van der Waals surface area contributed by atoms with Gasteiger partial charge in [0.25, 0.3) is 5.91 Å². The Labute approximate surface area is 161 Å². The van der Waals surface area contributed by atoms with Crippen LogP contribution in [-0.4, -0.2) is 49.8 Å². The molecule has 1 fully saturated rings. The predicted octanol–water partition coefficient (Wildman–Crippen LogP) is 2.95. The largest absolute Gasteiger partial charge is 0.481 e. The number of nitrogens with one attached hydrogen (secondary N) is 1. The van der Waals surface area contributed by atoms with E-state index in [1.54, 1.807) is 6.92 Å². The van der Waals surface area contributed by atoms with Crippen LogP contribution >= 0.6 is 0 Å². The number of amides is 1. The molecule has 1 N–H and O–H groups in total. The topological polar surface area (TPSA) is 50.8 Å². The maximum absolute atomic E-state index is 12.6. The summed E-state index contributed by atoms with van der Waals surface area (Å²) in [5, 5.41) is 3.07. The van der Waals surface area contributed by atoms with Gasteiger partial charge in [-0.05, 0) is 37.1 Å². The summed E-state index contributed by atoms with van der Waals surface area (Å²) in [6.07, 6.45) is -0.548. The number of rotatable bonds is 7. The number of morpholine rings is 1. The van der Waals surface area contributed by atoms with E-state index in [1.807, 2.05) is 49.4 Å². The number of hydrogen-bond donors (Lipinski definition) is 1. The maximum Gasteiger partial charge on any atom is 0.260 e. The molecular weight excluding hydrogens is 340 g/mol. The predicted molar refractivity (Wildman–Crippen MR) is 106 cm³/mol. The van der Waals surface area contributed by atoms with Gasteiger partial charge in [-0.2, -0.15) is 0 Å². The van der Waals surface area contributed by atoms with Gasteiger partial charge in [0.2, 0.25) is 0 Å². The number of hydrogen-bond acceptors (Lipinski definition) is 4. The molecule has 27 heavy (non-hydrogen) atoms. The minimum Gasteiger partial charge on any atom is -0.481 e. The van der Waals surface area contributed by atoms with E-state index >= 15 is 0 Å². The average molecular weight is 368 g/mol. The average Bonchev–Trinajstić information content (AvgIpc) is 2.69. The molecule has 0 aromatic heterocycles. The molecule has 0 bridgehead atoms. The Balaban J connectivity index is 1.61. The number of aryl methyl sites for hydroxylation is 1. The van der Waals surface area contributed by atoms with Crippen molar-refractivity contribution in [2.24, 2.45) is 0 Å². The third-order valence-electron chi connectivity index (χ3n) is 4.81. The highest BCUT2D eigenvalue weighted by Gasteiger charge is 2.24. The molecule has 1 amide bonds. The van der Waals surface area contributed by atoms with Crippen LogP contribution in [0.4, 0.5) is 0 Å². The lowest BCUT2D eigenvalue weighted by molar-refractivity contribution is -0.127. The van der Waals surface area contributed by atoms with Crippen LogP contribution in [0, 0.1) is 6.92 Å². The molecule has 3 rings (SSSR count). The first-order valence-electron chi connectivity index (χ1n) is 9.51. The van der Waals surface area contributed by atoms with E-state index in [9.17, 15) is 4.79 Å². The van der Waals surface area contributed by atoms with E-state index in [4.69, 9.17) is 9.47 Å². The van der Waals surface area contributed by atoms with E-state index in [1.165, 1.54) is 5.56 Å². The van der Waals surface area contributed by atoms with Gasteiger partial charge in [0, 0.05) is 19.6 Å². The molecular formula is C22H28N2O3. The molecule has 2 aromatic rings. The summed E-state index contributed by atoms with van der Waals surface area (Å²) in [6.45, 7) is 7.52. The fourth-order valence-electron chi connectivity index (χ4n) is 3.31. The van der Waals surface area contributed by atoms with Crippen LogP contribution < -0.4 is 10.1 Å². The third-order valence-corrected chi connectivity index (χ3v) is 4.81. The fraction of sp³-hybridized carbons (Fsp3) is 0.409. The number of benzene rings is 2. The van der Waals surface area contributed by atoms with Gasteiger partial charge in [0.05, 0.1) is 19.3 Å². The van der Waals surface area contributed by atoms with E-state index in [0.717, 1.165) is 31.9 Å². The van der Waals surface area contributed by atoms with Crippen LogP contribution in [-0.2, 0) is 9.53 Å². The van der Waals surface area contributed by atoms with Crippen LogP contribution in [0.3, 0.4) is 0 Å². The molecule has 0 aliphatic carbocycles. The van der Waals surface area contributed by atoms with E-state index in [-0.39, 0.29) is 11.9 Å². The summed E-state index contributed by atoms with van der Waals surface area (Å²) in [5.41, 5.74) is 2.31. The zero-order valence-corrected chi connectivity index (χ0v) is 16.1. The number of ether oxygens (including phenoxy) is 2. The van der Waals surface area contributed by atoms with E-state index in [0.29, 0.717) is 12.3 Å². The molecule has 2 aromatic carbocycles. The standard InChI is InChI=1S/C22H28N2O3/c1-17-7-6-10-20(15-17)27-18(2)22(25)23-16-21(19-8-4-3-5-9-19)24-11-13-26-14-12-24/h3-10,15,18,21H,11-14,16H2,1-2H3,(H,23,25). The highest BCUT2D eigenvalue weighted by molar-refractivity contribution is 5.80. The first-order valence-corrected chi connectivity index (χ1v) is 9.51. The van der Waals surface area contributed by atoms with Gasteiger partial charge in [0.15, 0.2) is 6.10 Å². The Kier molecular flexibility index (Phi) is 6.85. The van der Waals surface area contributed by atoms with Crippen molar-refractivity contribution >= 4 is 5.91 Å². The minimum atomic E-state index is -0.548. The van der Waals surface area contributed by atoms with Crippen molar-refractivity contribution in [3.8, 4) is 5.75 Å². The third kappa shape index (κ3) is 5.55. The lowest BCUT2D eigenvalue weighted by Gasteiger charge is -2.35. The lowest BCUT2D eigenvalue weighted by Crippen LogP contribution is -2.45. The molecule has 1 aliphatic rings. The normalized spacial score (nSPS) is 17.1. The Morgan fingerprint density at radius 2 is 1.89 bits per heavy atom. The maximum atomic E-state index is 12.6. The summed E-state index contributed by atoms with van der Waals surface area (Å²) in [6, 6.07) is 18.2. The van der Waals surface area contributed by atoms with Crippen molar-refractivity contribution in [2.75, 3.05) is 32.8 Å². The summed E-state index contributed by atoms with van der Waals surface area (Å²) < 4.78 is 11.3. The van der Waals surface area contributed by atoms with Crippen molar-refractivity contribution in [3.63, 3.8) is 0 Å². The quantitative estimate of drug-likeness (QED) is 0.816. The van der Waals surface area contributed by atoms with Crippen molar-refractivity contribution in [2.45, 2.75) is 26.0 Å². The Morgan fingerprint density at radius 3 is 2.59 bits per heavy atom. The first-order chi connectivity index (χ1) is 13.1. The minimum absolute atomic E-state index is 0.106. The first kappa shape index (κ1) is 19.4. The summed E-state index contributed by atoms with van der Waals surface area (Å²) in [4.78, 5) is 14.9. The molecule has 144 valence electrons. The van der Waals surface area contributed by atoms with Crippen LogP contribution in [0.1, 0.15) is 24.1 Å². The zero-order chi connectivity index (χ0) is 19.1. The van der Waals surface area contributed by atoms with Gasteiger partial charge in [-0.15, -0.1) is 0 Å². The van der Waals surface area contributed by atoms with Gasteiger partial charge in [-0.1, -0.05) is 42.5 Å².